The highest BCUT2D eigenvalue weighted by Crippen LogP contribution is 2.32. The van der Waals surface area contributed by atoms with E-state index in [-0.39, 0.29) is 21.8 Å². The Morgan fingerprint density at radius 1 is 1.19 bits per heavy atom. The summed E-state index contributed by atoms with van der Waals surface area (Å²) in [6.45, 7) is 1.34. The molecule has 1 N–H and O–H groups in total. The number of hydrogen-bond acceptors (Lipinski definition) is 5. The first kappa shape index (κ1) is 18.8. The number of nitrogens with zero attached hydrogens (tertiary/aromatic N) is 2. The Bertz CT molecular complexity index is 1010. The van der Waals surface area contributed by atoms with Crippen LogP contribution in [0.4, 0.5) is 11.4 Å². The first-order valence-corrected chi connectivity index (χ1v) is 8.39. The van der Waals surface area contributed by atoms with Crippen molar-refractivity contribution >= 4 is 52.3 Å². The SMILES string of the molecule is C[C@H](C(=O)Nc1ccc(Cl)cc1Cl)N1C(=O)c2cccc([N+](=O)[O-])c2C1=O. The third-order valence-electron chi connectivity index (χ3n) is 4.08. The van der Waals surface area contributed by atoms with E-state index in [9.17, 15) is 24.5 Å². The topological polar surface area (TPSA) is 110 Å². The lowest BCUT2D eigenvalue weighted by molar-refractivity contribution is -0.385. The highest BCUT2D eigenvalue weighted by Gasteiger charge is 2.44. The van der Waals surface area contributed by atoms with Crippen LogP contribution in [0.5, 0.6) is 0 Å². The van der Waals surface area contributed by atoms with Gasteiger partial charge in [-0.2, -0.15) is 0 Å². The van der Waals surface area contributed by atoms with Gasteiger partial charge in [-0.3, -0.25) is 29.4 Å². The van der Waals surface area contributed by atoms with E-state index in [0.29, 0.717) is 9.92 Å². The molecule has 1 heterocycles. The number of halogens is 2. The largest absolute Gasteiger partial charge is 0.323 e. The van der Waals surface area contributed by atoms with Gasteiger partial charge in [0, 0.05) is 11.1 Å². The van der Waals surface area contributed by atoms with Crippen molar-refractivity contribution in [3.05, 3.63) is 67.7 Å². The van der Waals surface area contributed by atoms with Crippen molar-refractivity contribution in [2.75, 3.05) is 5.32 Å². The molecule has 2 aromatic carbocycles. The zero-order chi connectivity index (χ0) is 19.9. The Morgan fingerprint density at radius 2 is 1.89 bits per heavy atom. The van der Waals surface area contributed by atoms with Gasteiger partial charge >= 0.3 is 0 Å². The van der Waals surface area contributed by atoms with E-state index in [2.05, 4.69) is 5.32 Å². The van der Waals surface area contributed by atoms with Crippen LogP contribution < -0.4 is 5.32 Å². The van der Waals surface area contributed by atoms with Gasteiger partial charge in [0.25, 0.3) is 17.5 Å². The molecule has 8 nitrogen and oxygen atoms in total. The molecule has 2 aromatic rings. The van der Waals surface area contributed by atoms with Crippen molar-refractivity contribution in [2.45, 2.75) is 13.0 Å². The lowest BCUT2D eigenvalue weighted by Crippen LogP contribution is -2.45. The Hall–Kier alpha value is -2.97. The molecule has 1 aliphatic heterocycles. The number of nitro groups is 1. The number of nitrogens with one attached hydrogen (secondary N) is 1. The number of benzene rings is 2. The van der Waals surface area contributed by atoms with Crippen LogP contribution in [0.15, 0.2) is 36.4 Å². The highest BCUT2D eigenvalue weighted by atomic mass is 35.5. The number of anilines is 1. The molecule has 0 radical (unpaired) electrons. The summed E-state index contributed by atoms with van der Waals surface area (Å²) in [5.74, 6) is -2.35. The van der Waals surface area contributed by atoms with Gasteiger partial charge in [-0.1, -0.05) is 29.3 Å². The third kappa shape index (κ3) is 3.24. The van der Waals surface area contributed by atoms with Gasteiger partial charge < -0.3 is 5.32 Å². The van der Waals surface area contributed by atoms with Crippen LogP contribution >= 0.6 is 23.2 Å². The zero-order valence-electron chi connectivity index (χ0n) is 13.7. The van der Waals surface area contributed by atoms with E-state index >= 15 is 0 Å². The number of hydrogen-bond donors (Lipinski definition) is 1. The van der Waals surface area contributed by atoms with Crippen LogP contribution in [0, 0.1) is 10.1 Å². The molecule has 0 saturated heterocycles. The molecule has 0 fully saturated rings. The standard InChI is InChI=1S/C17H11Cl2N3O5/c1-8(15(23)20-12-6-5-9(18)7-11(12)19)21-16(24)10-3-2-4-13(22(26)27)14(10)17(21)25/h2-8H,1H3,(H,20,23)/t8-/m1/s1. The summed E-state index contributed by atoms with van der Waals surface area (Å²) in [6, 6.07) is 6.94. The smallest absolute Gasteiger partial charge is 0.282 e. The summed E-state index contributed by atoms with van der Waals surface area (Å²) in [5, 5.41) is 14.2. The Labute approximate surface area is 162 Å². The minimum absolute atomic E-state index is 0.113. The van der Waals surface area contributed by atoms with Crippen molar-refractivity contribution in [2.24, 2.45) is 0 Å². The number of carbonyl (C=O) groups excluding carboxylic acids is 3. The van der Waals surface area contributed by atoms with Crippen molar-refractivity contribution in [1.82, 2.24) is 4.90 Å². The molecule has 0 bridgehead atoms. The lowest BCUT2D eigenvalue weighted by Gasteiger charge is -2.21. The molecule has 0 saturated carbocycles. The second kappa shape index (κ2) is 6.98. The van der Waals surface area contributed by atoms with Crippen LogP contribution in [0.2, 0.25) is 10.0 Å². The number of fused-ring (bicyclic) bond motifs is 1. The van der Waals surface area contributed by atoms with Gasteiger partial charge in [0.1, 0.15) is 11.6 Å². The first-order valence-electron chi connectivity index (χ1n) is 7.63. The molecule has 0 aliphatic carbocycles. The summed E-state index contributed by atoms with van der Waals surface area (Å²) in [4.78, 5) is 48.8. The van der Waals surface area contributed by atoms with Crippen molar-refractivity contribution in [1.29, 1.82) is 0 Å². The predicted octanol–water partition coefficient (Wildman–Crippen LogP) is 3.52. The fourth-order valence-electron chi connectivity index (χ4n) is 2.73. The van der Waals surface area contributed by atoms with Gasteiger partial charge in [0.2, 0.25) is 5.91 Å². The summed E-state index contributed by atoms with van der Waals surface area (Å²) in [7, 11) is 0. The molecule has 0 spiro atoms. The molecule has 0 unspecified atom stereocenters. The van der Waals surface area contributed by atoms with Crippen LogP contribution in [0.3, 0.4) is 0 Å². The monoisotopic (exact) mass is 407 g/mol. The van der Waals surface area contributed by atoms with Crippen LogP contribution in [0.25, 0.3) is 0 Å². The molecule has 0 aromatic heterocycles. The maximum atomic E-state index is 12.6. The molecule has 27 heavy (non-hydrogen) atoms. The number of nitro benzene ring substituents is 1. The number of rotatable bonds is 4. The maximum Gasteiger partial charge on any atom is 0.282 e. The molecule has 10 heteroatoms. The van der Waals surface area contributed by atoms with E-state index in [4.69, 9.17) is 23.2 Å². The second-order valence-corrected chi connectivity index (χ2v) is 6.57. The van der Waals surface area contributed by atoms with E-state index in [1.54, 1.807) is 0 Å². The van der Waals surface area contributed by atoms with Crippen molar-refractivity contribution < 1.29 is 19.3 Å². The summed E-state index contributed by atoms with van der Waals surface area (Å²) in [6.07, 6.45) is 0. The van der Waals surface area contributed by atoms with Crippen molar-refractivity contribution in [3.8, 4) is 0 Å². The van der Waals surface area contributed by atoms with E-state index in [1.165, 1.54) is 37.3 Å². The van der Waals surface area contributed by atoms with Gasteiger partial charge in [-0.25, -0.2) is 0 Å². The third-order valence-corrected chi connectivity index (χ3v) is 4.62. The molecule has 1 atom stereocenters. The number of amides is 3. The Kier molecular flexibility index (Phi) is 4.86. The molecule has 3 amide bonds. The normalized spacial score (nSPS) is 14.1. The van der Waals surface area contributed by atoms with E-state index < -0.39 is 34.4 Å². The molecule has 1 aliphatic rings. The quantitative estimate of drug-likeness (QED) is 0.473. The van der Waals surface area contributed by atoms with Crippen LogP contribution in [-0.4, -0.2) is 33.6 Å². The molecule has 138 valence electrons. The number of imide groups is 1. The minimum Gasteiger partial charge on any atom is -0.323 e. The summed E-state index contributed by atoms with van der Waals surface area (Å²) < 4.78 is 0. The Morgan fingerprint density at radius 3 is 2.52 bits per heavy atom. The highest BCUT2D eigenvalue weighted by molar-refractivity contribution is 6.36. The minimum atomic E-state index is -1.22. The Balaban J connectivity index is 1.89. The number of carbonyl (C=O) groups is 3. The average Bonchev–Trinajstić information content (AvgIpc) is 2.87. The summed E-state index contributed by atoms with van der Waals surface area (Å²) >= 11 is 11.8. The fourth-order valence-corrected chi connectivity index (χ4v) is 3.19. The molecule has 3 rings (SSSR count). The summed E-state index contributed by atoms with van der Waals surface area (Å²) in [5.41, 5.74) is -0.669. The van der Waals surface area contributed by atoms with Crippen LogP contribution in [0.1, 0.15) is 27.6 Å². The molecular weight excluding hydrogens is 397 g/mol. The first-order chi connectivity index (χ1) is 12.7. The predicted molar refractivity (Wildman–Crippen MR) is 98.2 cm³/mol. The van der Waals surface area contributed by atoms with Gasteiger partial charge in [0.05, 0.1) is 21.2 Å². The lowest BCUT2D eigenvalue weighted by atomic mass is 10.1. The van der Waals surface area contributed by atoms with Crippen molar-refractivity contribution in [3.63, 3.8) is 0 Å². The molecular formula is C17H11Cl2N3O5. The van der Waals surface area contributed by atoms with E-state index in [1.807, 2.05) is 0 Å². The van der Waals surface area contributed by atoms with Gasteiger partial charge in [-0.15, -0.1) is 0 Å². The zero-order valence-corrected chi connectivity index (χ0v) is 15.2. The second-order valence-electron chi connectivity index (χ2n) is 5.73. The van der Waals surface area contributed by atoms with Gasteiger partial charge in [-0.05, 0) is 31.2 Å². The van der Waals surface area contributed by atoms with Crippen LogP contribution in [-0.2, 0) is 4.79 Å². The van der Waals surface area contributed by atoms with Gasteiger partial charge in [0.15, 0.2) is 0 Å². The average molecular weight is 408 g/mol. The maximum absolute atomic E-state index is 12.6. The fraction of sp³-hybridized carbons (Fsp3) is 0.118. The van der Waals surface area contributed by atoms with E-state index in [0.717, 1.165) is 6.07 Å².